The van der Waals surface area contributed by atoms with Crippen molar-refractivity contribution in [2.24, 2.45) is 0 Å². The van der Waals surface area contributed by atoms with Gasteiger partial charge in [0, 0.05) is 31.7 Å². The second-order valence-corrected chi connectivity index (χ2v) is 5.61. The van der Waals surface area contributed by atoms with Gasteiger partial charge in [-0.2, -0.15) is 0 Å². The standard InChI is InChI=1S/C16H25FN2/c1-3-4-16-12-19(13(2)11-18-16)10-9-14-5-7-15(17)8-6-14/h5-8,13,16,18H,3-4,9-12H2,1-2H3. The van der Waals surface area contributed by atoms with E-state index in [9.17, 15) is 4.39 Å². The SMILES string of the molecule is CCCC1CN(CCc2ccc(F)cc2)C(C)CN1. The summed E-state index contributed by atoms with van der Waals surface area (Å²) in [5.41, 5.74) is 1.22. The second-order valence-electron chi connectivity index (χ2n) is 5.61. The van der Waals surface area contributed by atoms with Gasteiger partial charge in [0.05, 0.1) is 0 Å². The fourth-order valence-corrected chi connectivity index (χ4v) is 2.77. The molecule has 0 aliphatic carbocycles. The second kappa shape index (κ2) is 7.01. The molecular formula is C16H25FN2. The van der Waals surface area contributed by atoms with Crippen LogP contribution in [0.1, 0.15) is 32.3 Å². The molecule has 0 bridgehead atoms. The molecule has 0 aromatic heterocycles. The van der Waals surface area contributed by atoms with Crippen LogP contribution in [-0.2, 0) is 6.42 Å². The van der Waals surface area contributed by atoms with Gasteiger partial charge in [-0.1, -0.05) is 25.5 Å². The predicted molar refractivity (Wildman–Crippen MR) is 77.8 cm³/mol. The Kier molecular flexibility index (Phi) is 5.34. The lowest BCUT2D eigenvalue weighted by atomic mass is 10.0. The first kappa shape index (κ1) is 14.5. The molecule has 2 unspecified atom stereocenters. The van der Waals surface area contributed by atoms with E-state index in [0.717, 1.165) is 26.1 Å². The number of benzene rings is 1. The summed E-state index contributed by atoms with van der Waals surface area (Å²) in [4.78, 5) is 2.56. The number of halogens is 1. The van der Waals surface area contributed by atoms with E-state index < -0.39 is 0 Å². The molecule has 1 N–H and O–H groups in total. The average molecular weight is 264 g/mol. The largest absolute Gasteiger partial charge is 0.311 e. The van der Waals surface area contributed by atoms with Crippen LogP contribution in [0, 0.1) is 5.82 Å². The van der Waals surface area contributed by atoms with Gasteiger partial charge in [-0.3, -0.25) is 4.90 Å². The van der Waals surface area contributed by atoms with Crippen molar-refractivity contribution in [1.29, 1.82) is 0 Å². The lowest BCUT2D eigenvalue weighted by Gasteiger charge is -2.39. The number of nitrogens with zero attached hydrogens (tertiary/aromatic N) is 1. The number of piperazine rings is 1. The molecule has 1 heterocycles. The summed E-state index contributed by atoms with van der Waals surface area (Å²) in [6.07, 6.45) is 3.49. The van der Waals surface area contributed by atoms with Gasteiger partial charge in [-0.25, -0.2) is 4.39 Å². The Morgan fingerprint density at radius 3 is 2.74 bits per heavy atom. The Labute approximate surface area is 116 Å². The highest BCUT2D eigenvalue weighted by molar-refractivity contribution is 5.16. The smallest absolute Gasteiger partial charge is 0.123 e. The normalized spacial score (nSPS) is 24.6. The Morgan fingerprint density at radius 2 is 2.05 bits per heavy atom. The van der Waals surface area contributed by atoms with Crippen molar-refractivity contribution < 1.29 is 4.39 Å². The minimum atomic E-state index is -0.151. The maximum atomic E-state index is 12.9. The minimum Gasteiger partial charge on any atom is -0.311 e. The van der Waals surface area contributed by atoms with E-state index in [4.69, 9.17) is 0 Å². The van der Waals surface area contributed by atoms with Crippen LogP contribution in [-0.4, -0.2) is 36.6 Å². The third kappa shape index (κ3) is 4.29. The average Bonchev–Trinajstić information content (AvgIpc) is 2.41. The molecule has 0 amide bonds. The summed E-state index contributed by atoms with van der Waals surface area (Å²) in [7, 11) is 0. The van der Waals surface area contributed by atoms with Gasteiger partial charge in [0.1, 0.15) is 5.82 Å². The van der Waals surface area contributed by atoms with Crippen LogP contribution in [0.3, 0.4) is 0 Å². The van der Waals surface area contributed by atoms with Crippen LogP contribution in [0.25, 0.3) is 0 Å². The van der Waals surface area contributed by atoms with Crippen LogP contribution >= 0.6 is 0 Å². The van der Waals surface area contributed by atoms with Gasteiger partial charge in [0.25, 0.3) is 0 Å². The van der Waals surface area contributed by atoms with Gasteiger partial charge in [-0.05, 0) is 37.5 Å². The Morgan fingerprint density at radius 1 is 1.32 bits per heavy atom. The van der Waals surface area contributed by atoms with E-state index in [1.807, 2.05) is 12.1 Å². The van der Waals surface area contributed by atoms with E-state index in [2.05, 4.69) is 24.1 Å². The molecule has 1 aliphatic heterocycles. The molecule has 1 aliphatic rings. The van der Waals surface area contributed by atoms with Crippen molar-refractivity contribution in [3.63, 3.8) is 0 Å². The van der Waals surface area contributed by atoms with Gasteiger partial charge in [0.15, 0.2) is 0 Å². The molecule has 106 valence electrons. The maximum absolute atomic E-state index is 12.9. The topological polar surface area (TPSA) is 15.3 Å². The molecule has 0 radical (unpaired) electrons. The molecule has 1 fully saturated rings. The third-order valence-corrected chi connectivity index (χ3v) is 4.02. The van der Waals surface area contributed by atoms with Gasteiger partial charge in [-0.15, -0.1) is 0 Å². The Hall–Kier alpha value is -0.930. The highest BCUT2D eigenvalue weighted by atomic mass is 19.1. The van der Waals surface area contributed by atoms with Crippen molar-refractivity contribution in [2.75, 3.05) is 19.6 Å². The van der Waals surface area contributed by atoms with E-state index in [1.54, 1.807) is 12.1 Å². The first-order chi connectivity index (χ1) is 9.19. The van der Waals surface area contributed by atoms with E-state index >= 15 is 0 Å². The molecule has 2 nitrogen and oxygen atoms in total. The summed E-state index contributed by atoms with van der Waals surface area (Å²) < 4.78 is 12.9. The molecule has 0 saturated carbocycles. The van der Waals surface area contributed by atoms with Crippen molar-refractivity contribution >= 4 is 0 Å². The Balaban J connectivity index is 1.84. The fraction of sp³-hybridized carbons (Fsp3) is 0.625. The van der Waals surface area contributed by atoms with Crippen LogP contribution in [0.5, 0.6) is 0 Å². The molecular weight excluding hydrogens is 239 g/mol. The van der Waals surface area contributed by atoms with Gasteiger partial charge < -0.3 is 5.32 Å². The molecule has 19 heavy (non-hydrogen) atoms. The first-order valence-corrected chi connectivity index (χ1v) is 7.41. The zero-order valence-electron chi connectivity index (χ0n) is 12.0. The van der Waals surface area contributed by atoms with E-state index in [1.165, 1.54) is 18.4 Å². The minimum absolute atomic E-state index is 0.151. The summed E-state index contributed by atoms with van der Waals surface area (Å²) in [5, 5.41) is 3.61. The number of hydrogen-bond acceptors (Lipinski definition) is 2. The fourth-order valence-electron chi connectivity index (χ4n) is 2.77. The van der Waals surface area contributed by atoms with Crippen molar-refractivity contribution in [2.45, 2.75) is 45.2 Å². The molecule has 1 aromatic carbocycles. The first-order valence-electron chi connectivity index (χ1n) is 7.41. The van der Waals surface area contributed by atoms with Crippen LogP contribution < -0.4 is 5.32 Å². The highest BCUT2D eigenvalue weighted by Crippen LogP contribution is 2.12. The van der Waals surface area contributed by atoms with Crippen molar-refractivity contribution in [1.82, 2.24) is 10.2 Å². The maximum Gasteiger partial charge on any atom is 0.123 e. The van der Waals surface area contributed by atoms with Crippen molar-refractivity contribution in [3.8, 4) is 0 Å². The van der Waals surface area contributed by atoms with Crippen LogP contribution in [0.4, 0.5) is 4.39 Å². The molecule has 2 atom stereocenters. The van der Waals surface area contributed by atoms with Gasteiger partial charge in [0.2, 0.25) is 0 Å². The summed E-state index contributed by atoms with van der Waals surface area (Å²) in [6.45, 7) is 7.79. The van der Waals surface area contributed by atoms with E-state index in [-0.39, 0.29) is 5.82 Å². The van der Waals surface area contributed by atoms with Crippen molar-refractivity contribution in [3.05, 3.63) is 35.6 Å². The lowest BCUT2D eigenvalue weighted by Crippen LogP contribution is -2.55. The molecule has 3 heteroatoms. The summed E-state index contributed by atoms with van der Waals surface area (Å²) in [5.74, 6) is -0.151. The molecule has 2 rings (SSSR count). The third-order valence-electron chi connectivity index (χ3n) is 4.02. The van der Waals surface area contributed by atoms with Gasteiger partial charge >= 0.3 is 0 Å². The van der Waals surface area contributed by atoms with Crippen LogP contribution in [0.2, 0.25) is 0 Å². The highest BCUT2D eigenvalue weighted by Gasteiger charge is 2.23. The molecule has 1 saturated heterocycles. The quantitative estimate of drug-likeness (QED) is 0.880. The lowest BCUT2D eigenvalue weighted by molar-refractivity contribution is 0.138. The zero-order valence-corrected chi connectivity index (χ0v) is 12.0. The van der Waals surface area contributed by atoms with Crippen LogP contribution in [0.15, 0.2) is 24.3 Å². The number of nitrogens with one attached hydrogen (secondary N) is 1. The molecule has 1 aromatic rings. The monoisotopic (exact) mass is 264 g/mol. The number of hydrogen-bond donors (Lipinski definition) is 1. The number of rotatable bonds is 5. The summed E-state index contributed by atoms with van der Waals surface area (Å²) in [6, 6.07) is 8.12. The van der Waals surface area contributed by atoms with E-state index in [0.29, 0.717) is 12.1 Å². The zero-order chi connectivity index (χ0) is 13.7. The Bertz CT molecular complexity index is 377. The summed E-state index contributed by atoms with van der Waals surface area (Å²) >= 11 is 0. The molecule has 0 spiro atoms. The predicted octanol–water partition coefficient (Wildman–Crippen LogP) is 2.83.